The summed E-state index contributed by atoms with van der Waals surface area (Å²) in [5.41, 5.74) is 7.71. The van der Waals surface area contributed by atoms with Crippen molar-refractivity contribution in [3.8, 4) is 27.5 Å². The second-order valence-corrected chi connectivity index (χ2v) is 5.96. The number of methoxy groups -OCH3 is 1. The molecule has 0 spiro atoms. The summed E-state index contributed by atoms with van der Waals surface area (Å²) in [5.74, 6) is 1.83. The van der Waals surface area contributed by atoms with E-state index in [2.05, 4.69) is 21.1 Å². The smallest absolute Gasteiger partial charge is 0.186 e. The van der Waals surface area contributed by atoms with Crippen molar-refractivity contribution in [1.82, 2.24) is 5.16 Å². The number of ether oxygens (including phenoxy) is 1. The molecule has 0 radical (unpaired) electrons. The van der Waals surface area contributed by atoms with Gasteiger partial charge in [0.05, 0.1) is 17.6 Å². The van der Waals surface area contributed by atoms with Gasteiger partial charge in [0.15, 0.2) is 11.6 Å². The molecule has 0 saturated carbocycles. The summed E-state index contributed by atoms with van der Waals surface area (Å²) in [7, 11) is 1.63. The van der Waals surface area contributed by atoms with E-state index in [1.807, 2.05) is 35.7 Å². The lowest BCUT2D eigenvalue weighted by molar-refractivity contribution is 0.416. The molecule has 6 heteroatoms. The molecule has 20 heavy (non-hydrogen) atoms. The summed E-state index contributed by atoms with van der Waals surface area (Å²) in [5, 5.41) is 5.80. The van der Waals surface area contributed by atoms with Crippen LogP contribution in [0.2, 0.25) is 0 Å². The van der Waals surface area contributed by atoms with Crippen LogP contribution in [0.4, 0.5) is 5.82 Å². The molecule has 102 valence electrons. The third kappa shape index (κ3) is 2.32. The molecule has 0 amide bonds. The van der Waals surface area contributed by atoms with Gasteiger partial charge in [-0.2, -0.15) is 0 Å². The SMILES string of the molecule is COc1csc(-c2onc(N)c2-c2cccc(Br)c2)c1. The lowest BCUT2D eigenvalue weighted by Crippen LogP contribution is -1.88. The number of nitrogen functional groups attached to an aromatic ring is 1. The van der Waals surface area contributed by atoms with Crippen LogP contribution in [-0.4, -0.2) is 12.3 Å². The lowest BCUT2D eigenvalue weighted by atomic mass is 10.1. The average Bonchev–Trinajstić information content (AvgIpc) is 3.04. The molecular weight excluding hydrogens is 340 g/mol. The van der Waals surface area contributed by atoms with E-state index in [4.69, 9.17) is 15.0 Å². The molecule has 0 aliphatic heterocycles. The van der Waals surface area contributed by atoms with Crippen LogP contribution in [0, 0.1) is 0 Å². The summed E-state index contributed by atoms with van der Waals surface area (Å²) in [6.45, 7) is 0. The van der Waals surface area contributed by atoms with Gasteiger partial charge < -0.3 is 15.0 Å². The number of halogens is 1. The second-order valence-electron chi connectivity index (χ2n) is 4.13. The van der Waals surface area contributed by atoms with Crippen LogP contribution in [0.3, 0.4) is 0 Å². The molecule has 0 atom stereocenters. The normalized spacial score (nSPS) is 10.7. The van der Waals surface area contributed by atoms with Gasteiger partial charge in [0.1, 0.15) is 5.75 Å². The first-order valence-corrected chi connectivity index (χ1v) is 7.50. The Balaban J connectivity index is 2.14. The zero-order valence-electron chi connectivity index (χ0n) is 10.6. The summed E-state index contributed by atoms with van der Waals surface area (Å²) in [6, 6.07) is 9.77. The molecule has 2 heterocycles. The Labute approximate surface area is 128 Å². The molecule has 2 aromatic heterocycles. The van der Waals surface area contributed by atoms with Crippen LogP contribution in [0.1, 0.15) is 0 Å². The number of thiophene rings is 1. The molecule has 3 rings (SSSR count). The maximum Gasteiger partial charge on any atom is 0.186 e. The fourth-order valence-electron chi connectivity index (χ4n) is 1.94. The molecule has 2 N–H and O–H groups in total. The highest BCUT2D eigenvalue weighted by Crippen LogP contribution is 2.41. The van der Waals surface area contributed by atoms with Gasteiger partial charge in [-0.05, 0) is 17.7 Å². The zero-order chi connectivity index (χ0) is 14.1. The standard InChI is InChI=1S/C14H11BrN2O2S/c1-18-10-6-11(20-7-10)13-12(14(16)17-19-13)8-3-2-4-9(15)5-8/h2-7H,1H3,(H2,16,17). The van der Waals surface area contributed by atoms with E-state index in [9.17, 15) is 0 Å². The fourth-order valence-corrected chi connectivity index (χ4v) is 3.18. The molecule has 0 aliphatic rings. The molecule has 1 aromatic carbocycles. The quantitative estimate of drug-likeness (QED) is 0.759. The number of hydrogen-bond donors (Lipinski definition) is 1. The second kappa shape index (κ2) is 5.30. The van der Waals surface area contributed by atoms with E-state index in [0.717, 1.165) is 26.2 Å². The van der Waals surface area contributed by atoms with Crippen molar-refractivity contribution in [2.45, 2.75) is 0 Å². The summed E-state index contributed by atoms with van der Waals surface area (Å²) >= 11 is 4.99. The van der Waals surface area contributed by atoms with Gasteiger partial charge in [-0.3, -0.25) is 0 Å². The van der Waals surface area contributed by atoms with E-state index in [1.165, 1.54) is 11.3 Å². The molecule has 3 aromatic rings. The first kappa shape index (κ1) is 13.2. The van der Waals surface area contributed by atoms with E-state index < -0.39 is 0 Å². The molecule has 0 saturated heterocycles. The largest absolute Gasteiger partial charge is 0.496 e. The Kier molecular flexibility index (Phi) is 3.50. The van der Waals surface area contributed by atoms with Crippen LogP contribution in [0.5, 0.6) is 5.75 Å². The van der Waals surface area contributed by atoms with Crippen molar-refractivity contribution in [3.63, 3.8) is 0 Å². The molecule has 4 nitrogen and oxygen atoms in total. The Morgan fingerprint density at radius 2 is 2.20 bits per heavy atom. The maximum atomic E-state index is 5.95. The Morgan fingerprint density at radius 1 is 1.35 bits per heavy atom. The number of nitrogens with zero attached hydrogens (tertiary/aromatic N) is 1. The minimum Gasteiger partial charge on any atom is -0.496 e. The third-order valence-electron chi connectivity index (χ3n) is 2.87. The van der Waals surface area contributed by atoms with Gasteiger partial charge in [-0.15, -0.1) is 11.3 Å². The first-order valence-electron chi connectivity index (χ1n) is 5.83. The van der Waals surface area contributed by atoms with Gasteiger partial charge in [-0.1, -0.05) is 33.2 Å². The summed E-state index contributed by atoms with van der Waals surface area (Å²) in [6.07, 6.45) is 0. The fraction of sp³-hybridized carbons (Fsp3) is 0.0714. The first-order chi connectivity index (χ1) is 9.69. The van der Waals surface area contributed by atoms with E-state index >= 15 is 0 Å². The topological polar surface area (TPSA) is 61.3 Å². The monoisotopic (exact) mass is 350 g/mol. The number of benzene rings is 1. The highest BCUT2D eigenvalue weighted by atomic mass is 79.9. The molecule has 0 aliphatic carbocycles. The summed E-state index contributed by atoms with van der Waals surface area (Å²) in [4.78, 5) is 0.932. The number of rotatable bonds is 3. The average molecular weight is 351 g/mol. The van der Waals surface area contributed by atoms with Crippen molar-refractivity contribution in [1.29, 1.82) is 0 Å². The van der Waals surface area contributed by atoms with Gasteiger partial charge >= 0.3 is 0 Å². The predicted molar refractivity (Wildman–Crippen MR) is 83.9 cm³/mol. The Hall–Kier alpha value is -1.79. The van der Waals surface area contributed by atoms with Crippen LogP contribution < -0.4 is 10.5 Å². The minimum absolute atomic E-state index is 0.380. The van der Waals surface area contributed by atoms with Gasteiger partial charge in [0.25, 0.3) is 0 Å². The summed E-state index contributed by atoms with van der Waals surface area (Å²) < 4.78 is 11.6. The lowest BCUT2D eigenvalue weighted by Gasteiger charge is -2.01. The number of hydrogen-bond acceptors (Lipinski definition) is 5. The van der Waals surface area contributed by atoms with Crippen molar-refractivity contribution < 1.29 is 9.26 Å². The van der Waals surface area contributed by atoms with E-state index in [-0.39, 0.29) is 0 Å². The van der Waals surface area contributed by atoms with Crippen LogP contribution >= 0.6 is 27.3 Å². The minimum atomic E-state index is 0.380. The van der Waals surface area contributed by atoms with Crippen molar-refractivity contribution in [2.75, 3.05) is 12.8 Å². The predicted octanol–water partition coefficient (Wildman–Crippen LogP) is 4.42. The highest BCUT2D eigenvalue weighted by molar-refractivity contribution is 9.10. The van der Waals surface area contributed by atoms with Gasteiger partial charge in [0, 0.05) is 15.9 Å². The number of aromatic nitrogens is 1. The van der Waals surface area contributed by atoms with Gasteiger partial charge in [0.2, 0.25) is 0 Å². The highest BCUT2D eigenvalue weighted by Gasteiger charge is 2.19. The van der Waals surface area contributed by atoms with Crippen LogP contribution in [0.25, 0.3) is 21.8 Å². The Bertz CT molecular complexity index is 751. The third-order valence-corrected chi connectivity index (χ3v) is 4.27. The molecular formula is C14H11BrN2O2S. The number of anilines is 1. The molecule has 0 fully saturated rings. The van der Waals surface area contributed by atoms with Crippen LogP contribution in [0.15, 0.2) is 44.7 Å². The van der Waals surface area contributed by atoms with Crippen molar-refractivity contribution >= 4 is 33.1 Å². The Morgan fingerprint density at radius 3 is 2.90 bits per heavy atom. The van der Waals surface area contributed by atoms with Crippen molar-refractivity contribution in [2.24, 2.45) is 0 Å². The van der Waals surface area contributed by atoms with E-state index in [0.29, 0.717) is 11.6 Å². The zero-order valence-corrected chi connectivity index (χ0v) is 13.0. The molecule has 0 bridgehead atoms. The van der Waals surface area contributed by atoms with Crippen LogP contribution in [-0.2, 0) is 0 Å². The number of nitrogens with two attached hydrogens (primary N) is 1. The molecule has 0 unspecified atom stereocenters. The maximum absolute atomic E-state index is 5.95. The van der Waals surface area contributed by atoms with Gasteiger partial charge in [-0.25, -0.2) is 0 Å². The van der Waals surface area contributed by atoms with E-state index in [1.54, 1.807) is 7.11 Å². The van der Waals surface area contributed by atoms with Crippen molar-refractivity contribution in [3.05, 3.63) is 40.2 Å².